The topological polar surface area (TPSA) is 308 Å². The summed E-state index contributed by atoms with van der Waals surface area (Å²) in [5.74, 6) is 0.322. The van der Waals surface area contributed by atoms with Crippen molar-refractivity contribution >= 4 is 30.8 Å². The third kappa shape index (κ3) is 706. The van der Waals surface area contributed by atoms with Gasteiger partial charge in [-0.3, -0.25) is 0 Å². The van der Waals surface area contributed by atoms with Gasteiger partial charge in [0.05, 0.1) is 0 Å². The van der Waals surface area contributed by atoms with Crippen molar-refractivity contribution in [3.05, 3.63) is 30.3 Å². The van der Waals surface area contributed by atoms with E-state index < -0.39 is 30.8 Å². The minimum absolute atomic E-state index is 0.322. The van der Waals surface area contributed by atoms with Crippen LogP contribution in [0.4, 0.5) is 24.0 Å². The van der Waals surface area contributed by atoms with Crippen LogP contribution in [-0.2, 0) is 0 Å². The molecule has 0 spiro atoms. The number of carbonyl (C=O) groups is 5. The number of hydrogen-bond acceptors (Lipinski definition) is 6. The highest BCUT2D eigenvalue weighted by atomic mass is 16.6. The van der Waals surface area contributed by atoms with Gasteiger partial charge in [0.15, 0.2) is 0 Å². The molecule has 16 heteroatoms. The minimum atomic E-state index is -1.83. The molecule has 1 aromatic rings. The molecule has 0 aliphatic carbocycles. The van der Waals surface area contributed by atoms with Crippen molar-refractivity contribution in [2.45, 2.75) is 0 Å². The summed E-state index contributed by atoms with van der Waals surface area (Å²) in [6, 6.07) is 8.71. The Balaban J connectivity index is -0.0000000735. The first-order valence-electron chi connectivity index (χ1n) is 5.39. The summed E-state index contributed by atoms with van der Waals surface area (Å²) in [7, 11) is 0. The van der Waals surface area contributed by atoms with E-state index in [4.69, 9.17) is 80.1 Å². The standard InChI is InChI=1S/C6H6O.5CH2O3/c7-6-4-2-1-3-5-6;5*2-1(3)4/h1-5,7H;5*(H2,2,3,4). The van der Waals surface area contributed by atoms with Gasteiger partial charge in [-0.05, 0) is 12.1 Å². The minimum Gasteiger partial charge on any atom is -0.508 e. The predicted octanol–water partition coefficient (Wildman–Crippen LogP) is 2.50. The van der Waals surface area contributed by atoms with Gasteiger partial charge >= 0.3 is 30.8 Å². The molecule has 0 unspecified atom stereocenters. The molecule has 0 aliphatic rings. The molecule has 0 heterocycles. The van der Waals surface area contributed by atoms with Gasteiger partial charge in [-0.2, -0.15) is 0 Å². The summed E-state index contributed by atoms with van der Waals surface area (Å²) in [5.41, 5.74) is 0. The fourth-order valence-corrected chi connectivity index (χ4v) is 0.428. The van der Waals surface area contributed by atoms with Crippen LogP contribution in [0, 0.1) is 0 Å². The molecule has 16 nitrogen and oxygen atoms in total. The summed E-state index contributed by atoms with van der Waals surface area (Å²) < 4.78 is 0. The molecule has 1 rings (SSSR count). The summed E-state index contributed by atoms with van der Waals surface area (Å²) in [5, 5.41) is 78.4. The van der Waals surface area contributed by atoms with Crippen LogP contribution >= 0.6 is 0 Å². The third-order valence-electron chi connectivity index (χ3n) is 0.756. The van der Waals surface area contributed by atoms with Gasteiger partial charge in [-0.15, -0.1) is 0 Å². The lowest BCUT2D eigenvalue weighted by Gasteiger charge is -1.82. The maximum absolute atomic E-state index is 8.63. The van der Waals surface area contributed by atoms with Gasteiger partial charge in [0, 0.05) is 0 Å². The van der Waals surface area contributed by atoms with Gasteiger partial charge in [0.2, 0.25) is 0 Å². The number of hydrogen-bond donors (Lipinski definition) is 11. The van der Waals surface area contributed by atoms with E-state index >= 15 is 0 Å². The monoisotopic (exact) mass is 404 g/mol. The maximum Gasteiger partial charge on any atom is 0.503 e. The molecule has 0 amide bonds. The lowest BCUT2D eigenvalue weighted by atomic mass is 10.3. The molecule has 0 bridgehead atoms. The normalized spacial score (nSPS) is 6.67. The molecular formula is C11H16O16. The molecule has 0 atom stereocenters. The summed E-state index contributed by atoms with van der Waals surface area (Å²) in [6.45, 7) is 0. The number of rotatable bonds is 0. The van der Waals surface area contributed by atoms with Crippen LogP contribution in [0.1, 0.15) is 0 Å². The lowest BCUT2D eigenvalue weighted by Crippen LogP contribution is -1.81. The van der Waals surface area contributed by atoms with E-state index in [-0.39, 0.29) is 0 Å². The van der Waals surface area contributed by atoms with Crippen LogP contribution in [0.15, 0.2) is 30.3 Å². The van der Waals surface area contributed by atoms with Crippen molar-refractivity contribution in [3.8, 4) is 5.75 Å². The molecule has 1 aromatic carbocycles. The number of para-hydroxylation sites is 1. The van der Waals surface area contributed by atoms with E-state index in [0.29, 0.717) is 5.75 Å². The fraction of sp³-hybridized carbons (Fsp3) is 0. The van der Waals surface area contributed by atoms with Crippen molar-refractivity contribution in [3.63, 3.8) is 0 Å². The molecule has 11 N–H and O–H groups in total. The Kier molecular flexibility index (Phi) is 33.0. The van der Waals surface area contributed by atoms with E-state index in [1.54, 1.807) is 24.3 Å². The van der Waals surface area contributed by atoms with E-state index in [1.165, 1.54) is 0 Å². The van der Waals surface area contributed by atoms with Crippen LogP contribution < -0.4 is 0 Å². The van der Waals surface area contributed by atoms with E-state index in [1.807, 2.05) is 6.07 Å². The van der Waals surface area contributed by atoms with Gasteiger partial charge in [0.1, 0.15) is 5.75 Å². The molecule has 27 heavy (non-hydrogen) atoms. The highest BCUT2D eigenvalue weighted by Crippen LogP contribution is 2.02. The maximum atomic E-state index is 8.63. The zero-order valence-electron chi connectivity index (χ0n) is 12.8. The first kappa shape index (κ1) is 33.9. The quantitative estimate of drug-likeness (QED) is 0.295. The predicted molar refractivity (Wildman–Crippen MR) is 81.4 cm³/mol. The number of aromatic hydroxyl groups is 1. The Morgan fingerprint density at radius 1 is 0.444 bits per heavy atom. The second kappa shape index (κ2) is 26.3. The van der Waals surface area contributed by atoms with Crippen molar-refractivity contribution < 1.29 is 80.1 Å². The number of phenolic OH excluding ortho intramolecular Hbond substituents is 1. The average Bonchev–Trinajstić information content (AvgIpc) is 2.35. The van der Waals surface area contributed by atoms with Crippen molar-refractivity contribution in [1.82, 2.24) is 0 Å². The fourth-order valence-electron chi connectivity index (χ4n) is 0.428. The smallest absolute Gasteiger partial charge is 0.503 e. The van der Waals surface area contributed by atoms with E-state index in [2.05, 4.69) is 0 Å². The molecule has 0 saturated heterocycles. The van der Waals surface area contributed by atoms with Crippen molar-refractivity contribution in [2.75, 3.05) is 0 Å². The Labute approximate surface area is 148 Å². The Hall–Kier alpha value is -4.63. The van der Waals surface area contributed by atoms with Crippen molar-refractivity contribution in [1.29, 1.82) is 0 Å². The van der Waals surface area contributed by atoms with Gasteiger partial charge in [0.25, 0.3) is 0 Å². The summed E-state index contributed by atoms with van der Waals surface area (Å²) in [4.78, 5) is 42.8. The molecule has 0 aromatic heterocycles. The molecule has 0 radical (unpaired) electrons. The molecular weight excluding hydrogens is 388 g/mol. The zero-order chi connectivity index (χ0) is 23.0. The van der Waals surface area contributed by atoms with Crippen LogP contribution in [0.5, 0.6) is 5.75 Å². The Morgan fingerprint density at radius 2 is 0.593 bits per heavy atom. The first-order chi connectivity index (χ1) is 12.1. The van der Waals surface area contributed by atoms with E-state index in [9.17, 15) is 0 Å². The Morgan fingerprint density at radius 3 is 0.667 bits per heavy atom. The molecule has 156 valence electrons. The molecule has 0 saturated carbocycles. The molecule has 0 fully saturated rings. The number of phenols is 1. The van der Waals surface area contributed by atoms with Crippen LogP contribution in [0.25, 0.3) is 0 Å². The van der Waals surface area contributed by atoms with Gasteiger partial charge in [-0.25, -0.2) is 24.0 Å². The van der Waals surface area contributed by atoms with Gasteiger partial charge in [-0.1, -0.05) is 18.2 Å². The van der Waals surface area contributed by atoms with Crippen LogP contribution in [0.3, 0.4) is 0 Å². The summed E-state index contributed by atoms with van der Waals surface area (Å²) in [6.07, 6.45) is -9.17. The van der Waals surface area contributed by atoms with Crippen LogP contribution in [0.2, 0.25) is 0 Å². The SMILES string of the molecule is O=C(O)O.O=C(O)O.O=C(O)O.O=C(O)O.O=C(O)O.Oc1ccccc1. The van der Waals surface area contributed by atoms with E-state index in [0.717, 1.165) is 0 Å². The molecule has 0 aliphatic heterocycles. The highest BCUT2D eigenvalue weighted by molar-refractivity contribution is 5.54. The zero-order valence-corrected chi connectivity index (χ0v) is 12.8. The number of benzene rings is 1. The number of carboxylic acid groups (broad SMARTS) is 10. The van der Waals surface area contributed by atoms with Crippen molar-refractivity contribution in [2.24, 2.45) is 0 Å². The summed E-state index contributed by atoms with van der Waals surface area (Å²) >= 11 is 0. The average molecular weight is 404 g/mol. The second-order valence-corrected chi connectivity index (χ2v) is 2.75. The van der Waals surface area contributed by atoms with Gasteiger partial charge < -0.3 is 56.2 Å². The highest BCUT2D eigenvalue weighted by Gasteiger charge is 1.75. The van der Waals surface area contributed by atoms with Crippen LogP contribution in [-0.4, -0.2) is 86.9 Å². The third-order valence-corrected chi connectivity index (χ3v) is 0.756. The first-order valence-corrected chi connectivity index (χ1v) is 5.39. The Bertz CT molecular complexity index is 435. The largest absolute Gasteiger partial charge is 0.508 e. The second-order valence-electron chi connectivity index (χ2n) is 2.75. The lowest BCUT2D eigenvalue weighted by molar-refractivity contribution is 0.135.